The zero-order valence-electron chi connectivity index (χ0n) is 34.6. The van der Waals surface area contributed by atoms with Crippen molar-refractivity contribution in [2.24, 2.45) is 0 Å². The number of fused-ring (bicyclic) bond motifs is 9. The molecule has 13 rings (SSSR count). The largest absolute Gasteiger partial charge is 0.434 e. The first-order valence-corrected chi connectivity index (χ1v) is 21.5. The molecule has 0 spiro atoms. The molecule has 8 heteroatoms. The van der Waals surface area contributed by atoms with E-state index in [0.717, 1.165) is 93.4 Å². The highest BCUT2D eigenvalue weighted by molar-refractivity contribution is 6.24. The van der Waals surface area contributed by atoms with Crippen LogP contribution in [0.2, 0.25) is 0 Å². The van der Waals surface area contributed by atoms with Gasteiger partial charge in [-0.15, -0.1) is 0 Å². The molecule has 0 aliphatic heterocycles. The quantitative estimate of drug-likeness (QED) is 0.165. The monoisotopic (exact) mass is 831 g/mol. The van der Waals surface area contributed by atoms with Gasteiger partial charge in [-0.25, -0.2) is 9.97 Å². The fourth-order valence-corrected chi connectivity index (χ4v) is 9.54. The third-order valence-electron chi connectivity index (χ3n) is 12.5. The molecule has 0 saturated heterocycles. The zero-order chi connectivity index (χ0) is 43.0. The van der Waals surface area contributed by atoms with Crippen LogP contribution < -0.4 is 0 Å². The average molecular weight is 832 g/mol. The standard InChI is InChI=1S/C57H33N7O/c58-34-35-26-28-36(29-27-35)39-30-33-46(41-19-8-7-18-40(39)41)56-59-47-22-13-25-50(53(47)65-56)63-48-23-11-9-20-42(48)44-31-32-45-43-21-10-12-24-49(43)64(52(45)51(44)63)57-61-54(37-14-3-1-4-15-37)60-55(62-57)38-16-5-2-6-17-38/h1-33H. The summed E-state index contributed by atoms with van der Waals surface area (Å²) in [6.07, 6.45) is 0. The van der Waals surface area contributed by atoms with E-state index in [1.807, 2.05) is 103 Å². The van der Waals surface area contributed by atoms with Crippen LogP contribution in [-0.4, -0.2) is 29.1 Å². The fraction of sp³-hybridized carbons (Fsp3) is 0. The molecule has 0 aliphatic rings. The predicted molar refractivity (Wildman–Crippen MR) is 260 cm³/mol. The number of para-hydroxylation sites is 3. The van der Waals surface area contributed by atoms with Crippen LogP contribution in [0.25, 0.3) is 122 Å². The zero-order valence-corrected chi connectivity index (χ0v) is 34.6. The van der Waals surface area contributed by atoms with Crippen molar-refractivity contribution in [2.45, 2.75) is 0 Å². The molecule has 9 aromatic carbocycles. The van der Waals surface area contributed by atoms with E-state index >= 15 is 0 Å². The molecule has 0 amide bonds. The number of hydrogen-bond donors (Lipinski definition) is 0. The summed E-state index contributed by atoms with van der Waals surface area (Å²) < 4.78 is 11.5. The van der Waals surface area contributed by atoms with Gasteiger partial charge in [0.2, 0.25) is 11.8 Å². The van der Waals surface area contributed by atoms with Gasteiger partial charge in [0.1, 0.15) is 5.52 Å². The van der Waals surface area contributed by atoms with Crippen LogP contribution in [0.4, 0.5) is 0 Å². The second kappa shape index (κ2) is 14.4. The maximum Gasteiger partial charge on any atom is 0.238 e. The van der Waals surface area contributed by atoms with Crippen molar-refractivity contribution in [3.05, 3.63) is 206 Å². The summed E-state index contributed by atoms with van der Waals surface area (Å²) in [5.41, 5.74) is 11.7. The Morgan fingerprint density at radius 2 is 0.938 bits per heavy atom. The molecule has 0 unspecified atom stereocenters. The lowest BCUT2D eigenvalue weighted by atomic mass is 9.94. The molecule has 13 aromatic rings. The highest BCUT2D eigenvalue weighted by Gasteiger charge is 2.25. The first-order valence-electron chi connectivity index (χ1n) is 21.5. The predicted octanol–water partition coefficient (Wildman–Crippen LogP) is 13.9. The molecule has 0 fully saturated rings. The minimum Gasteiger partial charge on any atom is -0.434 e. The molecule has 4 aromatic heterocycles. The van der Waals surface area contributed by atoms with Gasteiger partial charge in [0.15, 0.2) is 17.2 Å². The number of benzene rings is 9. The molecule has 0 bridgehead atoms. The van der Waals surface area contributed by atoms with E-state index in [4.69, 9.17) is 24.4 Å². The number of oxazole rings is 1. The van der Waals surface area contributed by atoms with Crippen LogP contribution in [-0.2, 0) is 0 Å². The van der Waals surface area contributed by atoms with E-state index < -0.39 is 0 Å². The number of nitrogens with zero attached hydrogens (tertiary/aromatic N) is 7. The average Bonchev–Trinajstić information content (AvgIpc) is 4.07. The number of rotatable bonds is 6. The third-order valence-corrected chi connectivity index (χ3v) is 12.5. The smallest absolute Gasteiger partial charge is 0.238 e. The van der Waals surface area contributed by atoms with Crippen LogP contribution in [0.15, 0.2) is 205 Å². The Labute approximate surface area is 371 Å². The van der Waals surface area contributed by atoms with Crippen molar-refractivity contribution in [1.82, 2.24) is 29.1 Å². The van der Waals surface area contributed by atoms with Crippen molar-refractivity contribution >= 4 is 65.5 Å². The Hall–Kier alpha value is -9.19. The molecule has 0 radical (unpaired) electrons. The summed E-state index contributed by atoms with van der Waals surface area (Å²) in [5, 5.41) is 15.9. The summed E-state index contributed by atoms with van der Waals surface area (Å²) in [6.45, 7) is 0. The Balaban J connectivity index is 1.09. The molecular weight excluding hydrogens is 799 g/mol. The normalized spacial score (nSPS) is 11.7. The van der Waals surface area contributed by atoms with Crippen molar-refractivity contribution in [1.29, 1.82) is 5.26 Å². The van der Waals surface area contributed by atoms with E-state index in [1.165, 1.54) is 0 Å². The van der Waals surface area contributed by atoms with Crippen molar-refractivity contribution in [3.63, 3.8) is 0 Å². The minimum atomic E-state index is 0.518. The molecule has 0 atom stereocenters. The SMILES string of the molecule is N#Cc1ccc(-c2ccc(-c3nc4cccc(-n5c6ccccc6c6ccc7c8ccccc8n(-c8nc(-c9ccccc9)nc(-c9ccccc9)n8)c7c65)c4o3)c3ccccc23)cc1. The molecule has 4 heterocycles. The number of nitriles is 1. The Bertz CT molecular complexity index is 4010. The summed E-state index contributed by atoms with van der Waals surface area (Å²) in [4.78, 5) is 20.8. The van der Waals surface area contributed by atoms with Gasteiger partial charge in [-0.1, -0.05) is 158 Å². The summed E-state index contributed by atoms with van der Waals surface area (Å²) in [6, 6.07) is 70.3. The lowest BCUT2D eigenvalue weighted by Crippen LogP contribution is -2.07. The van der Waals surface area contributed by atoms with Gasteiger partial charge >= 0.3 is 0 Å². The number of hydrogen-bond acceptors (Lipinski definition) is 6. The van der Waals surface area contributed by atoms with Gasteiger partial charge in [0, 0.05) is 38.2 Å². The first-order chi connectivity index (χ1) is 32.2. The first kappa shape index (κ1) is 36.5. The molecule has 0 N–H and O–H groups in total. The second-order valence-corrected chi connectivity index (χ2v) is 16.1. The second-order valence-electron chi connectivity index (χ2n) is 16.1. The molecule has 0 saturated carbocycles. The van der Waals surface area contributed by atoms with Crippen molar-refractivity contribution < 1.29 is 4.42 Å². The van der Waals surface area contributed by atoms with Crippen molar-refractivity contribution in [2.75, 3.05) is 0 Å². The van der Waals surface area contributed by atoms with Gasteiger partial charge in [0.25, 0.3) is 0 Å². The van der Waals surface area contributed by atoms with Gasteiger partial charge in [-0.2, -0.15) is 15.2 Å². The maximum absolute atomic E-state index is 9.43. The topological polar surface area (TPSA) is 98.3 Å². The van der Waals surface area contributed by atoms with Gasteiger partial charge < -0.3 is 8.98 Å². The molecule has 302 valence electrons. The number of aromatic nitrogens is 6. The van der Waals surface area contributed by atoms with E-state index in [0.29, 0.717) is 34.6 Å². The van der Waals surface area contributed by atoms with E-state index in [2.05, 4.69) is 112 Å². The molecule has 8 nitrogen and oxygen atoms in total. The van der Waals surface area contributed by atoms with Crippen LogP contribution >= 0.6 is 0 Å². The molecule has 65 heavy (non-hydrogen) atoms. The maximum atomic E-state index is 9.43. The fourth-order valence-electron chi connectivity index (χ4n) is 9.54. The summed E-state index contributed by atoms with van der Waals surface area (Å²) in [5.74, 6) is 2.22. The molecular formula is C57H33N7O. The van der Waals surface area contributed by atoms with Crippen LogP contribution in [0.5, 0.6) is 0 Å². The highest BCUT2D eigenvalue weighted by atomic mass is 16.3. The summed E-state index contributed by atoms with van der Waals surface area (Å²) >= 11 is 0. The van der Waals surface area contributed by atoms with Gasteiger partial charge in [-0.3, -0.25) is 4.57 Å². The van der Waals surface area contributed by atoms with Gasteiger partial charge in [-0.05, 0) is 64.4 Å². The van der Waals surface area contributed by atoms with Crippen LogP contribution in [0.1, 0.15) is 5.56 Å². The third kappa shape index (κ3) is 5.70. The van der Waals surface area contributed by atoms with Crippen molar-refractivity contribution in [3.8, 4) is 63.1 Å². The Kier molecular flexibility index (Phi) is 8.10. The van der Waals surface area contributed by atoms with E-state index in [9.17, 15) is 5.26 Å². The highest BCUT2D eigenvalue weighted by Crippen LogP contribution is 2.44. The lowest BCUT2D eigenvalue weighted by molar-refractivity contribution is 0.619. The minimum absolute atomic E-state index is 0.518. The van der Waals surface area contributed by atoms with E-state index in [1.54, 1.807) is 0 Å². The Morgan fingerprint density at radius 3 is 1.57 bits per heavy atom. The summed E-state index contributed by atoms with van der Waals surface area (Å²) in [7, 11) is 0. The Morgan fingerprint density at radius 1 is 0.400 bits per heavy atom. The van der Waals surface area contributed by atoms with E-state index in [-0.39, 0.29) is 0 Å². The molecule has 0 aliphatic carbocycles. The van der Waals surface area contributed by atoms with Crippen LogP contribution in [0.3, 0.4) is 0 Å². The van der Waals surface area contributed by atoms with Crippen LogP contribution in [0, 0.1) is 11.3 Å². The van der Waals surface area contributed by atoms with Gasteiger partial charge in [0.05, 0.1) is 39.4 Å². The lowest BCUT2D eigenvalue weighted by Gasteiger charge is -2.13.